The molecule has 4 rings (SSSR count). The fourth-order valence-corrected chi connectivity index (χ4v) is 3.68. The van der Waals surface area contributed by atoms with Crippen molar-refractivity contribution in [3.63, 3.8) is 0 Å². The first-order valence-corrected chi connectivity index (χ1v) is 8.98. The molecule has 9 heteroatoms. The van der Waals surface area contributed by atoms with E-state index in [9.17, 15) is 4.79 Å². The summed E-state index contributed by atoms with van der Waals surface area (Å²) in [5.74, 6) is -0.0812. The van der Waals surface area contributed by atoms with Crippen LogP contribution in [0.15, 0.2) is 36.5 Å². The Morgan fingerprint density at radius 3 is 2.82 bits per heavy atom. The van der Waals surface area contributed by atoms with Crippen LogP contribution in [0.25, 0.3) is 16.6 Å². The summed E-state index contributed by atoms with van der Waals surface area (Å²) < 4.78 is 1.72. The predicted molar refractivity (Wildman–Crippen MR) is 114 cm³/mol. The molecule has 1 aromatic carbocycles. The monoisotopic (exact) mass is 422 g/mol. The van der Waals surface area contributed by atoms with Crippen molar-refractivity contribution in [1.29, 1.82) is 0 Å². The van der Waals surface area contributed by atoms with Gasteiger partial charge < -0.3 is 10.6 Å². The molecule has 0 saturated carbocycles. The zero-order valence-corrected chi connectivity index (χ0v) is 17.2. The minimum Gasteiger partial charge on any atom is -0.333 e. The first-order chi connectivity index (χ1) is 12.7. The number of fused-ring (bicyclic) bond motifs is 1. The quantitative estimate of drug-likeness (QED) is 0.700. The highest BCUT2D eigenvalue weighted by molar-refractivity contribution is 5.94. The fraction of sp³-hybridized carbons (Fsp3) is 0.368. The number of piperidine rings is 1. The highest BCUT2D eigenvalue weighted by atomic mass is 35.5. The SMILES string of the molecule is Cc1c(C(=O)N2CCCCC2CN)nnn1-c1cccc2ncccc12.Cl.Cl. The summed E-state index contributed by atoms with van der Waals surface area (Å²) in [6, 6.07) is 9.82. The van der Waals surface area contributed by atoms with E-state index in [1.807, 2.05) is 42.2 Å². The Labute approximate surface area is 176 Å². The Balaban J connectivity index is 0.00000140. The summed E-state index contributed by atoms with van der Waals surface area (Å²) in [4.78, 5) is 19.3. The van der Waals surface area contributed by atoms with Crippen LogP contribution in [0, 0.1) is 6.92 Å². The second-order valence-corrected chi connectivity index (χ2v) is 6.67. The van der Waals surface area contributed by atoms with Crippen LogP contribution in [0.5, 0.6) is 0 Å². The molecule has 2 N–H and O–H groups in total. The van der Waals surface area contributed by atoms with E-state index in [-0.39, 0.29) is 36.8 Å². The number of carbonyl (C=O) groups is 1. The van der Waals surface area contributed by atoms with Crippen LogP contribution in [-0.2, 0) is 0 Å². The number of rotatable bonds is 3. The first kappa shape index (κ1) is 22.1. The number of benzene rings is 1. The highest BCUT2D eigenvalue weighted by Crippen LogP contribution is 2.24. The number of nitrogens with two attached hydrogens (primary N) is 1. The molecular formula is C19H24Cl2N6O. The molecule has 0 radical (unpaired) electrons. The molecule has 28 heavy (non-hydrogen) atoms. The average Bonchev–Trinajstić information content (AvgIpc) is 3.08. The molecule has 0 aliphatic carbocycles. The van der Waals surface area contributed by atoms with Crippen LogP contribution in [0.2, 0.25) is 0 Å². The van der Waals surface area contributed by atoms with Crippen molar-refractivity contribution < 1.29 is 4.79 Å². The van der Waals surface area contributed by atoms with Gasteiger partial charge in [-0.2, -0.15) is 0 Å². The van der Waals surface area contributed by atoms with Crippen LogP contribution < -0.4 is 5.73 Å². The Morgan fingerprint density at radius 1 is 1.21 bits per heavy atom. The predicted octanol–water partition coefficient (Wildman–Crippen LogP) is 2.92. The van der Waals surface area contributed by atoms with E-state index in [0.29, 0.717) is 12.2 Å². The largest absolute Gasteiger partial charge is 0.333 e. The normalized spacial score (nSPS) is 16.4. The van der Waals surface area contributed by atoms with Crippen molar-refractivity contribution in [2.45, 2.75) is 32.2 Å². The summed E-state index contributed by atoms with van der Waals surface area (Å²) in [6.07, 6.45) is 4.83. The number of hydrogen-bond donors (Lipinski definition) is 1. The Bertz CT molecular complexity index is 955. The molecule has 7 nitrogen and oxygen atoms in total. The molecule has 1 fully saturated rings. The molecule has 1 saturated heterocycles. The standard InChI is InChI=1S/C19H22N6O.2ClH/c1-13-18(19(26)24-11-3-2-6-14(24)12-20)22-23-25(13)17-9-4-8-16-15(17)7-5-10-21-16;;/h4-5,7-10,14H,2-3,6,11-12,20H2,1H3;2*1H. The van der Waals surface area contributed by atoms with Gasteiger partial charge in [-0.25, -0.2) is 4.68 Å². The summed E-state index contributed by atoms with van der Waals surface area (Å²) in [6.45, 7) is 3.09. The molecular weight excluding hydrogens is 399 g/mol. The molecule has 1 aliphatic heterocycles. The smallest absolute Gasteiger partial charge is 0.276 e. The average molecular weight is 423 g/mol. The molecule has 0 spiro atoms. The van der Waals surface area contributed by atoms with E-state index < -0.39 is 0 Å². The lowest BCUT2D eigenvalue weighted by Gasteiger charge is -2.34. The van der Waals surface area contributed by atoms with E-state index in [4.69, 9.17) is 5.73 Å². The molecule has 150 valence electrons. The molecule has 1 amide bonds. The third-order valence-electron chi connectivity index (χ3n) is 5.11. The van der Waals surface area contributed by atoms with Crippen molar-refractivity contribution >= 4 is 41.6 Å². The zero-order valence-electron chi connectivity index (χ0n) is 15.6. The van der Waals surface area contributed by atoms with E-state index in [2.05, 4.69) is 15.3 Å². The molecule has 1 aliphatic rings. The van der Waals surface area contributed by atoms with Crippen LogP contribution in [-0.4, -0.2) is 49.9 Å². The second kappa shape index (κ2) is 9.32. The van der Waals surface area contributed by atoms with Gasteiger partial charge in [0.2, 0.25) is 0 Å². The second-order valence-electron chi connectivity index (χ2n) is 6.67. The van der Waals surface area contributed by atoms with Crippen molar-refractivity contribution in [2.75, 3.05) is 13.1 Å². The summed E-state index contributed by atoms with van der Waals surface area (Å²) in [5, 5.41) is 9.44. The van der Waals surface area contributed by atoms with Crippen molar-refractivity contribution in [1.82, 2.24) is 24.9 Å². The Hall–Kier alpha value is -2.22. The minimum atomic E-state index is -0.0812. The maximum Gasteiger partial charge on any atom is 0.276 e. The first-order valence-electron chi connectivity index (χ1n) is 8.98. The lowest BCUT2D eigenvalue weighted by atomic mass is 10.0. The number of likely N-dealkylation sites (tertiary alicyclic amines) is 1. The van der Waals surface area contributed by atoms with Gasteiger partial charge in [-0.15, -0.1) is 29.9 Å². The van der Waals surface area contributed by atoms with Crippen LogP contribution in [0.3, 0.4) is 0 Å². The van der Waals surface area contributed by atoms with Gasteiger partial charge in [0.25, 0.3) is 5.91 Å². The summed E-state index contributed by atoms with van der Waals surface area (Å²) >= 11 is 0. The summed E-state index contributed by atoms with van der Waals surface area (Å²) in [7, 11) is 0. The maximum atomic E-state index is 13.0. The number of hydrogen-bond acceptors (Lipinski definition) is 5. The topological polar surface area (TPSA) is 89.9 Å². The van der Waals surface area contributed by atoms with Gasteiger partial charge in [0.1, 0.15) is 0 Å². The van der Waals surface area contributed by atoms with Gasteiger partial charge in [0.05, 0.1) is 16.9 Å². The molecule has 2 aromatic heterocycles. The fourth-order valence-electron chi connectivity index (χ4n) is 3.68. The number of halogens is 2. The molecule has 1 atom stereocenters. The summed E-state index contributed by atoms with van der Waals surface area (Å²) in [5.41, 5.74) is 8.74. The zero-order chi connectivity index (χ0) is 18.1. The number of nitrogens with zero attached hydrogens (tertiary/aromatic N) is 5. The van der Waals surface area contributed by atoms with Crippen molar-refractivity contribution in [3.8, 4) is 5.69 Å². The van der Waals surface area contributed by atoms with Gasteiger partial charge in [0.15, 0.2) is 5.69 Å². The highest BCUT2D eigenvalue weighted by Gasteiger charge is 2.30. The minimum absolute atomic E-state index is 0. The van der Waals surface area contributed by atoms with Gasteiger partial charge in [-0.3, -0.25) is 9.78 Å². The number of aromatic nitrogens is 4. The van der Waals surface area contributed by atoms with Gasteiger partial charge in [-0.05, 0) is 50.5 Å². The maximum absolute atomic E-state index is 13.0. The number of carbonyl (C=O) groups excluding carboxylic acids is 1. The third kappa shape index (κ3) is 3.83. The van der Waals surface area contributed by atoms with E-state index in [0.717, 1.165) is 48.1 Å². The van der Waals surface area contributed by atoms with Gasteiger partial charge in [0, 0.05) is 30.7 Å². The molecule has 1 unspecified atom stereocenters. The molecule has 0 bridgehead atoms. The van der Waals surface area contributed by atoms with E-state index >= 15 is 0 Å². The lowest BCUT2D eigenvalue weighted by Crippen LogP contribution is -2.47. The van der Waals surface area contributed by atoms with Gasteiger partial charge in [-0.1, -0.05) is 11.3 Å². The van der Waals surface area contributed by atoms with Crippen LogP contribution in [0.1, 0.15) is 35.4 Å². The van der Waals surface area contributed by atoms with Gasteiger partial charge >= 0.3 is 0 Å². The van der Waals surface area contributed by atoms with Crippen molar-refractivity contribution in [2.24, 2.45) is 5.73 Å². The lowest BCUT2D eigenvalue weighted by molar-refractivity contribution is 0.0616. The van der Waals surface area contributed by atoms with E-state index in [1.165, 1.54) is 0 Å². The van der Waals surface area contributed by atoms with Crippen LogP contribution in [0.4, 0.5) is 0 Å². The number of amides is 1. The third-order valence-corrected chi connectivity index (χ3v) is 5.11. The Morgan fingerprint density at radius 2 is 2.04 bits per heavy atom. The van der Waals surface area contributed by atoms with E-state index in [1.54, 1.807) is 10.9 Å². The van der Waals surface area contributed by atoms with Crippen molar-refractivity contribution in [3.05, 3.63) is 47.9 Å². The Kier molecular flexibility index (Phi) is 7.35. The molecule has 3 heterocycles. The molecule has 3 aromatic rings. The van der Waals surface area contributed by atoms with Crippen LogP contribution >= 0.6 is 24.8 Å². The number of pyridine rings is 1.